The number of nitrogens with one attached hydrogen (secondary N) is 1. The molecule has 3 amide bonds. The van der Waals surface area contributed by atoms with Gasteiger partial charge in [0.25, 0.3) is 0 Å². The van der Waals surface area contributed by atoms with Crippen LogP contribution in [0.15, 0.2) is 49.3 Å². The van der Waals surface area contributed by atoms with Gasteiger partial charge in [-0.2, -0.15) is 0 Å². The second kappa shape index (κ2) is 8.86. The zero-order chi connectivity index (χ0) is 24.6. The molecule has 1 saturated heterocycles. The van der Waals surface area contributed by atoms with Crippen LogP contribution in [-0.2, 0) is 10.3 Å². The highest BCUT2D eigenvalue weighted by Gasteiger charge is 2.42. The van der Waals surface area contributed by atoms with Gasteiger partial charge in [0.1, 0.15) is 23.0 Å². The van der Waals surface area contributed by atoms with E-state index in [9.17, 15) is 18.4 Å². The molecule has 0 radical (unpaired) electrons. The average Bonchev–Trinajstić information content (AvgIpc) is 2.83. The number of nitrogens with two attached hydrogens (primary N) is 1. The maximum absolute atomic E-state index is 14.5. The molecule has 1 atom stereocenters. The van der Waals surface area contributed by atoms with Gasteiger partial charge in [0, 0.05) is 25.0 Å². The third-order valence-electron chi connectivity index (χ3n) is 5.99. The van der Waals surface area contributed by atoms with Crippen molar-refractivity contribution in [3.05, 3.63) is 71.5 Å². The summed E-state index contributed by atoms with van der Waals surface area (Å²) in [4.78, 5) is 36.1. The Morgan fingerprint density at radius 2 is 2.00 bits per heavy atom. The van der Waals surface area contributed by atoms with E-state index < -0.39 is 28.2 Å². The Morgan fingerprint density at radius 1 is 1.24 bits per heavy atom. The Kier molecular flexibility index (Phi) is 6.09. The average molecular weight is 487 g/mol. The minimum Gasteiger partial charge on any atom is -0.351 e. The summed E-state index contributed by atoms with van der Waals surface area (Å²) in [7, 11) is 0. The summed E-state index contributed by atoms with van der Waals surface area (Å²) in [5, 5.41) is 2.71. The van der Waals surface area contributed by atoms with Gasteiger partial charge < -0.3 is 20.9 Å². The van der Waals surface area contributed by atoms with Crippen LogP contribution in [0.25, 0.3) is 10.9 Å². The zero-order valence-corrected chi connectivity index (χ0v) is 18.9. The van der Waals surface area contributed by atoms with Gasteiger partial charge in [0.15, 0.2) is 5.82 Å². The molecule has 0 unspecified atom stereocenters. The number of urea groups is 1. The summed E-state index contributed by atoms with van der Waals surface area (Å²) in [6.45, 7) is 6.08. The van der Waals surface area contributed by atoms with Crippen LogP contribution in [0.4, 0.5) is 25.1 Å². The molecule has 176 valence electrons. The van der Waals surface area contributed by atoms with Gasteiger partial charge >= 0.3 is 6.03 Å². The maximum atomic E-state index is 14.5. The SMILES string of the molecule is C=CC(=O)N1CCN(C(N)=O)[C@](C)(c2ccc3ncnc(Nc4ccc(F)c(Cl)c4F)c3c2)C1. The molecular formula is C23H21ClF2N6O2. The van der Waals surface area contributed by atoms with E-state index in [1.54, 1.807) is 30.0 Å². The lowest BCUT2D eigenvalue weighted by Gasteiger charge is -2.48. The number of amides is 3. The van der Waals surface area contributed by atoms with Crippen LogP contribution in [0.5, 0.6) is 0 Å². The first-order valence-electron chi connectivity index (χ1n) is 10.3. The lowest BCUT2D eigenvalue weighted by molar-refractivity contribution is -0.130. The Bertz CT molecular complexity index is 1320. The highest BCUT2D eigenvalue weighted by molar-refractivity contribution is 6.31. The molecule has 0 spiro atoms. The van der Waals surface area contributed by atoms with Gasteiger partial charge in [-0.25, -0.2) is 23.5 Å². The predicted octanol–water partition coefficient (Wildman–Crippen LogP) is 3.93. The molecule has 0 bridgehead atoms. The van der Waals surface area contributed by atoms with Crippen molar-refractivity contribution in [2.75, 3.05) is 25.0 Å². The Balaban J connectivity index is 1.80. The lowest BCUT2D eigenvalue weighted by atomic mass is 9.86. The first-order valence-corrected chi connectivity index (χ1v) is 10.7. The van der Waals surface area contributed by atoms with Gasteiger partial charge in [-0.15, -0.1) is 0 Å². The van der Waals surface area contributed by atoms with Crippen molar-refractivity contribution in [3.8, 4) is 0 Å². The summed E-state index contributed by atoms with van der Waals surface area (Å²) in [5.41, 5.74) is 5.84. The summed E-state index contributed by atoms with van der Waals surface area (Å²) >= 11 is 5.70. The molecule has 3 N–H and O–H groups in total. The fourth-order valence-electron chi connectivity index (χ4n) is 4.16. The third kappa shape index (κ3) is 4.01. The van der Waals surface area contributed by atoms with Gasteiger partial charge in [0.05, 0.1) is 16.7 Å². The normalized spacial score (nSPS) is 18.1. The van der Waals surface area contributed by atoms with E-state index >= 15 is 0 Å². The number of anilines is 2. The summed E-state index contributed by atoms with van der Waals surface area (Å²) in [6, 6.07) is 6.89. The van der Waals surface area contributed by atoms with Crippen LogP contribution in [-0.4, -0.2) is 51.3 Å². The smallest absolute Gasteiger partial charge is 0.315 e. The first kappa shape index (κ1) is 23.4. The van der Waals surface area contributed by atoms with Crippen molar-refractivity contribution in [1.29, 1.82) is 0 Å². The number of carbonyl (C=O) groups is 2. The molecule has 1 aliphatic rings. The maximum Gasteiger partial charge on any atom is 0.315 e. The molecule has 11 heteroatoms. The van der Waals surface area contributed by atoms with Gasteiger partial charge in [-0.1, -0.05) is 24.2 Å². The molecule has 34 heavy (non-hydrogen) atoms. The molecule has 3 aromatic rings. The van der Waals surface area contributed by atoms with E-state index in [0.717, 1.165) is 6.07 Å². The molecular weight excluding hydrogens is 466 g/mol. The quantitative estimate of drug-likeness (QED) is 0.429. The van der Waals surface area contributed by atoms with E-state index in [2.05, 4.69) is 21.9 Å². The number of carbonyl (C=O) groups excluding carboxylic acids is 2. The van der Waals surface area contributed by atoms with Crippen molar-refractivity contribution in [2.24, 2.45) is 5.73 Å². The molecule has 1 fully saturated rings. The highest BCUT2D eigenvalue weighted by atomic mass is 35.5. The monoisotopic (exact) mass is 486 g/mol. The van der Waals surface area contributed by atoms with Gasteiger partial charge in [-0.3, -0.25) is 4.79 Å². The molecule has 2 aromatic carbocycles. The number of benzene rings is 2. The van der Waals surface area contributed by atoms with E-state index in [4.69, 9.17) is 17.3 Å². The fourth-order valence-corrected chi connectivity index (χ4v) is 4.33. The van der Waals surface area contributed by atoms with Crippen LogP contribution >= 0.6 is 11.6 Å². The van der Waals surface area contributed by atoms with Crippen LogP contribution < -0.4 is 11.1 Å². The molecule has 0 saturated carbocycles. The Morgan fingerprint density at radius 3 is 2.71 bits per heavy atom. The molecule has 8 nitrogen and oxygen atoms in total. The number of piperazine rings is 1. The van der Waals surface area contributed by atoms with Crippen LogP contribution in [0.1, 0.15) is 12.5 Å². The van der Waals surface area contributed by atoms with Crippen LogP contribution in [0.3, 0.4) is 0 Å². The van der Waals surface area contributed by atoms with E-state index in [-0.39, 0.29) is 30.5 Å². The number of hydrogen-bond acceptors (Lipinski definition) is 5. The molecule has 0 aliphatic carbocycles. The van der Waals surface area contributed by atoms with Crippen molar-refractivity contribution in [3.63, 3.8) is 0 Å². The lowest BCUT2D eigenvalue weighted by Crippen LogP contribution is -2.62. The van der Waals surface area contributed by atoms with E-state index in [0.29, 0.717) is 23.0 Å². The minimum absolute atomic E-state index is 0.0674. The molecule has 1 aromatic heterocycles. The standard InChI is InChI=1S/C23H21ClF2N6O2/c1-3-18(33)31-8-9-32(22(27)34)23(2,11-31)13-4-6-16-14(10-13)21(29-12-28-16)30-17-7-5-15(25)19(24)20(17)26/h3-7,10,12H,1,8-9,11H2,2H3,(H2,27,34)(H,28,29,30)/t23-/m0/s1. The fraction of sp³-hybridized carbons (Fsp3) is 0.217. The topological polar surface area (TPSA) is 104 Å². The zero-order valence-electron chi connectivity index (χ0n) is 18.2. The highest BCUT2D eigenvalue weighted by Crippen LogP contribution is 2.36. The number of rotatable bonds is 4. The Hall–Kier alpha value is -3.79. The molecule has 2 heterocycles. The predicted molar refractivity (Wildman–Crippen MR) is 125 cm³/mol. The number of aromatic nitrogens is 2. The van der Waals surface area contributed by atoms with Crippen molar-refractivity contribution >= 4 is 45.9 Å². The van der Waals surface area contributed by atoms with Crippen LogP contribution in [0, 0.1) is 11.6 Å². The number of halogens is 3. The molecule has 1 aliphatic heterocycles. The minimum atomic E-state index is -0.964. The van der Waals surface area contributed by atoms with E-state index in [1.807, 2.05) is 0 Å². The van der Waals surface area contributed by atoms with Gasteiger partial charge in [-0.05, 0) is 42.8 Å². The number of nitrogens with zero attached hydrogens (tertiary/aromatic N) is 4. The number of primary amides is 1. The van der Waals surface area contributed by atoms with Crippen LogP contribution in [0.2, 0.25) is 5.02 Å². The first-order chi connectivity index (χ1) is 16.2. The van der Waals surface area contributed by atoms with E-state index in [1.165, 1.54) is 23.4 Å². The third-order valence-corrected chi connectivity index (χ3v) is 6.33. The van der Waals surface area contributed by atoms with Crippen molar-refractivity contribution < 1.29 is 18.4 Å². The Labute approximate surface area is 199 Å². The van der Waals surface area contributed by atoms with Crippen molar-refractivity contribution in [1.82, 2.24) is 19.8 Å². The number of fused-ring (bicyclic) bond motifs is 1. The number of hydrogen-bond donors (Lipinski definition) is 2. The summed E-state index contributed by atoms with van der Waals surface area (Å²) in [6.07, 6.45) is 2.52. The van der Waals surface area contributed by atoms with Crippen molar-refractivity contribution in [2.45, 2.75) is 12.5 Å². The van der Waals surface area contributed by atoms with Gasteiger partial charge in [0.2, 0.25) is 5.91 Å². The second-order valence-corrected chi connectivity index (χ2v) is 8.41. The molecule has 4 rings (SSSR count). The summed E-state index contributed by atoms with van der Waals surface area (Å²) < 4.78 is 28.1. The largest absolute Gasteiger partial charge is 0.351 e. The summed E-state index contributed by atoms with van der Waals surface area (Å²) in [5.74, 6) is -1.85. The second-order valence-electron chi connectivity index (χ2n) is 8.03.